The third-order valence-electron chi connectivity index (χ3n) is 2.08. The lowest BCUT2D eigenvalue weighted by Crippen LogP contribution is -2.24. The molecule has 1 rings (SSSR count). The summed E-state index contributed by atoms with van der Waals surface area (Å²) in [5, 5.41) is 2.55. The van der Waals surface area contributed by atoms with E-state index in [9.17, 15) is 14.0 Å². The quantitative estimate of drug-likeness (QED) is 0.839. The number of carbonyl (C=O) groups excluding carboxylic acids is 2. The average molecular weight is 240 g/mol. The molecule has 1 aromatic carbocycles. The second-order valence-corrected chi connectivity index (χ2v) is 3.53. The van der Waals surface area contributed by atoms with Crippen LogP contribution in [0.4, 0.5) is 9.18 Å². The van der Waals surface area contributed by atoms with Crippen molar-refractivity contribution in [2.45, 2.75) is 19.9 Å². The van der Waals surface area contributed by atoms with Crippen molar-refractivity contribution in [1.29, 1.82) is 0 Å². The van der Waals surface area contributed by atoms with Gasteiger partial charge in [0.2, 0.25) is 5.91 Å². The Labute approximate surface area is 97.7 Å². The van der Waals surface area contributed by atoms with Crippen LogP contribution in [-0.4, -0.2) is 12.0 Å². The number of benzene rings is 1. The molecule has 1 atom stereocenters. The highest BCUT2D eigenvalue weighted by atomic mass is 19.1. The van der Waals surface area contributed by atoms with Crippen LogP contribution in [0.1, 0.15) is 25.5 Å². The van der Waals surface area contributed by atoms with Gasteiger partial charge in [0.25, 0.3) is 0 Å². The van der Waals surface area contributed by atoms with Crippen molar-refractivity contribution in [3.05, 3.63) is 29.6 Å². The van der Waals surface area contributed by atoms with E-state index in [2.05, 4.69) is 10.1 Å². The molecule has 1 aromatic rings. The van der Waals surface area contributed by atoms with E-state index >= 15 is 0 Å². The van der Waals surface area contributed by atoms with E-state index in [-0.39, 0.29) is 11.7 Å². The number of halogens is 1. The van der Waals surface area contributed by atoms with Crippen LogP contribution in [0.15, 0.2) is 18.2 Å². The third-order valence-corrected chi connectivity index (χ3v) is 2.08. The molecule has 0 unspecified atom stereocenters. The molecule has 0 heterocycles. The summed E-state index contributed by atoms with van der Waals surface area (Å²) in [5.41, 5.74) is 5.10. The zero-order valence-electron chi connectivity index (χ0n) is 9.49. The second-order valence-electron chi connectivity index (χ2n) is 3.53. The molecular formula is C11H13FN2O3. The van der Waals surface area contributed by atoms with Crippen molar-refractivity contribution in [2.75, 3.05) is 0 Å². The van der Waals surface area contributed by atoms with Gasteiger partial charge in [-0.05, 0) is 13.0 Å². The Morgan fingerprint density at radius 3 is 2.59 bits per heavy atom. The Bertz CT molecular complexity index is 448. The van der Waals surface area contributed by atoms with Crippen molar-refractivity contribution in [3.63, 3.8) is 0 Å². The standard InChI is InChI=1S/C11H13FN2O3/c1-6(14-7(2)15)9-4-3-8(5-10(9)12)17-11(13)16/h3-6H,1-2H3,(H2,13,16)(H,14,15)/t6-/m0/s1. The Morgan fingerprint density at radius 1 is 1.47 bits per heavy atom. The molecule has 2 amide bonds. The minimum Gasteiger partial charge on any atom is -0.410 e. The molecule has 0 aliphatic heterocycles. The number of rotatable bonds is 3. The first-order chi connectivity index (χ1) is 7.90. The number of carbonyl (C=O) groups is 2. The molecule has 0 fully saturated rings. The van der Waals surface area contributed by atoms with Gasteiger partial charge in [-0.3, -0.25) is 4.79 Å². The van der Waals surface area contributed by atoms with Crippen LogP contribution in [0.5, 0.6) is 5.75 Å². The summed E-state index contributed by atoms with van der Waals surface area (Å²) in [6.45, 7) is 2.99. The summed E-state index contributed by atoms with van der Waals surface area (Å²) in [6.07, 6.45) is -1.01. The van der Waals surface area contributed by atoms with Gasteiger partial charge in [-0.15, -0.1) is 0 Å². The molecule has 0 saturated carbocycles. The maximum Gasteiger partial charge on any atom is 0.409 e. The zero-order chi connectivity index (χ0) is 13.0. The first kappa shape index (κ1) is 13.0. The van der Waals surface area contributed by atoms with E-state index in [1.807, 2.05) is 0 Å². The molecule has 0 aliphatic rings. The van der Waals surface area contributed by atoms with Gasteiger partial charge in [0.15, 0.2) is 0 Å². The van der Waals surface area contributed by atoms with E-state index in [1.165, 1.54) is 19.1 Å². The minimum atomic E-state index is -1.01. The fourth-order valence-electron chi connectivity index (χ4n) is 1.42. The Balaban J connectivity index is 2.89. The monoisotopic (exact) mass is 240 g/mol. The number of hydrogen-bond acceptors (Lipinski definition) is 3. The van der Waals surface area contributed by atoms with Crippen LogP contribution >= 0.6 is 0 Å². The van der Waals surface area contributed by atoms with Gasteiger partial charge in [-0.2, -0.15) is 0 Å². The molecule has 0 radical (unpaired) electrons. The van der Waals surface area contributed by atoms with Crippen LogP contribution in [0.2, 0.25) is 0 Å². The lowest BCUT2D eigenvalue weighted by Gasteiger charge is -2.14. The molecule has 92 valence electrons. The predicted molar refractivity (Wildman–Crippen MR) is 58.8 cm³/mol. The molecule has 0 saturated heterocycles. The molecule has 6 heteroatoms. The minimum absolute atomic E-state index is 0.0220. The van der Waals surface area contributed by atoms with Crippen LogP contribution in [-0.2, 0) is 4.79 Å². The van der Waals surface area contributed by atoms with Gasteiger partial charge >= 0.3 is 6.09 Å². The van der Waals surface area contributed by atoms with Gasteiger partial charge in [0.05, 0.1) is 6.04 Å². The number of ether oxygens (including phenoxy) is 1. The van der Waals surface area contributed by atoms with E-state index in [4.69, 9.17) is 5.73 Å². The Morgan fingerprint density at radius 2 is 2.12 bits per heavy atom. The van der Waals surface area contributed by atoms with E-state index in [1.54, 1.807) is 6.92 Å². The lowest BCUT2D eigenvalue weighted by atomic mass is 10.1. The van der Waals surface area contributed by atoms with E-state index < -0.39 is 18.0 Å². The average Bonchev–Trinajstić information content (AvgIpc) is 2.14. The van der Waals surface area contributed by atoms with E-state index in [0.717, 1.165) is 6.07 Å². The predicted octanol–water partition coefficient (Wildman–Crippen LogP) is 1.48. The lowest BCUT2D eigenvalue weighted by molar-refractivity contribution is -0.119. The molecule has 0 aliphatic carbocycles. The van der Waals surface area contributed by atoms with Crippen LogP contribution in [0, 0.1) is 5.82 Å². The Kier molecular flexibility index (Phi) is 4.03. The summed E-state index contributed by atoms with van der Waals surface area (Å²) in [6, 6.07) is 3.41. The van der Waals surface area contributed by atoms with Gasteiger partial charge in [0.1, 0.15) is 11.6 Å². The maximum atomic E-state index is 13.6. The summed E-state index contributed by atoms with van der Waals surface area (Å²) < 4.78 is 18.1. The molecule has 5 nitrogen and oxygen atoms in total. The van der Waals surface area contributed by atoms with Crippen molar-refractivity contribution < 1.29 is 18.7 Å². The zero-order valence-corrected chi connectivity index (χ0v) is 9.49. The number of hydrogen-bond donors (Lipinski definition) is 2. The summed E-state index contributed by atoms with van der Waals surface area (Å²) in [7, 11) is 0. The molecule has 0 bridgehead atoms. The van der Waals surface area contributed by atoms with Crippen molar-refractivity contribution >= 4 is 12.0 Å². The molecule has 17 heavy (non-hydrogen) atoms. The van der Waals surface area contributed by atoms with Crippen LogP contribution < -0.4 is 15.8 Å². The first-order valence-electron chi connectivity index (χ1n) is 4.94. The highest BCUT2D eigenvalue weighted by molar-refractivity contribution is 5.73. The molecule has 0 spiro atoms. The SMILES string of the molecule is CC(=O)N[C@@H](C)c1ccc(OC(N)=O)cc1F. The van der Waals surface area contributed by atoms with Crippen molar-refractivity contribution in [3.8, 4) is 5.75 Å². The second kappa shape index (κ2) is 5.29. The highest BCUT2D eigenvalue weighted by Gasteiger charge is 2.13. The van der Waals surface area contributed by atoms with Gasteiger partial charge < -0.3 is 15.8 Å². The fourth-order valence-corrected chi connectivity index (χ4v) is 1.42. The maximum absolute atomic E-state index is 13.6. The fraction of sp³-hybridized carbons (Fsp3) is 0.273. The Hall–Kier alpha value is -2.11. The van der Waals surface area contributed by atoms with Gasteiger partial charge in [0, 0.05) is 18.6 Å². The third kappa shape index (κ3) is 3.75. The van der Waals surface area contributed by atoms with E-state index in [0.29, 0.717) is 5.56 Å². The first-order valence-corrected chi connectivity index (χ1v) is 4.94. The topological polar surface area (TPSA) is 81.4 Å². The largest absolute Gasteiger partial charge is 0.410 e. The number of nitrogens with two attached hydrogens (primary N) is 1. The number of nitrogens with one attached hydrogen (secondary N) is 1. The summed E-state index contributed by atoms with van der Waals surface area (Å²) in [4.78, 5) is 21.3. The molecule has 0 aromatic heterocycles. The molecular weight excluding hydrogens is 227 g/mol. The normalized spacial score (nSPS) is 11.7. The van der Waals surface area contributed by atoms with Crippen molar-refractivity contribution in [1.82, 2.24) is 5.32 Å². The highest BCUT2D eigenvalue weighted by Crippen LogP contribution is 2.21. The van der Waals surface area contributed by atoms with Crippen LogP contribution in [0.3, 0.4) is 0 Å². The van der Waals surface area contributed by atoms with Crippen molar-refractivity contribution in [2.24, 2.45) is 5.73 Å². The number of amides is 2. The van der Waals surface area contributed by atoms with Gasteiger partial charge in [-0.1, -0.05) is 6.07 Å². The number of primary amides is 1. The smallest absolute Gasteiger partial charge is 0.409 e. The van der Waals surface area contributed by atoms with Crippen LogP contribution in [0.25, 0.3) is 0 Å². The van der Waals surface area contributed by atoms with Gasteiger partial charge in [-0.25, -0.2) is 9.18 Å². The summed E-state index contributed by atoms with van der Waals surface area (Å²) >= 11 is 0. The summed E-state index contributed by atoms with van der Waals surface area (Å²) in [5.74, 6) is -0.812. The molecule has 3 N–H and O–H groups in total.